The van der Waals surface area contributed by atoms with Gasteiger partial charge < -0.3 is 65.3 Å². The van der Waals surface area contributed by atoms with E-state index in [-0.39, 0.29) is 32.3 Å². The number of nitrogens with two attached hydrogens (primary N) is 2. The van der Waals surface area contributed by atoms with Gasteiger partial charge in [-0.2, -0.15) is 0 Å². The highest BCUT2D eigenvalue weighted by molar-refractivity contribution is 5.85. The van der Waals surface area contributed by atoms with Crippen LogP contribution in [0.3, 0.4) is 0 Å². The molecule has 16 heteroatoms. The summed E-state index contributed by atoms with van der Waals surface area (Å²) in [6.07, 6.45) is -2.12. The molecule has 1 aliphatic rings. The number of rotatable bonds is 23. The van der Waals surface area contributed by atoms with Crippen molar-refractivity contribution in [1.29, 1.82) is 0 Å². The Balaban J connectivity index is 2.28. The predicted molar refractivity (Wildman–Crippen MR) is 145 cm³/mol. The first kappa shape index (κ1) is 36.3. The van der Waals surface area contributed by atoms with E-state index in [1.165, 1.54) is 6.08 Å². The Hall–Kier alpha value is -2.73. The number of aliphatic hydroxyl groups excluding tert-OH is 2. The number of aliphatic carboxylic acids is 1. The summed E-state index contributed by atoms with van der Waals surface area (Å²) in [4.78, 5) is 27.4. The second kappa shape index (κ2) is 21.9. The van der Waals surface area contributed by atoms with Crippen LogP contribution >= 0.6 is 0 Å². The molecule has 0 aromatic carbocycles. The van der Waals surface area contributed by atoms with Gasteiger partial charge in [0.25, 0.3) is 0 Å². The summed E-state index contributed by atoms with van der Waals surface area (Å²) in [6.45, 7) is 6.59. The van der Waals surface area contributed by atoms with Crippen molar-refractivity contribution in [3.63, 3.8) is 0 Å². The van der Waals surface area contributed by atoms with Gasteiger partial charge in [-0.1, -0.05) is 13.8 Å². The second-order valence-corrected chi connectivity index (χ2v) is 8.92. The average molecular weight is 595 g/mol. The molecule has 0 fully saturated rings. The van der Waals surface area contributed by atoms with Gasteiger partial charge in [0.05, 0.1) is 65.5 Å². The van der Waals surface area contributed by atoms with E-state index >= 15 is 0 Å². The number of nitrogens with zero attached hydrogens (tertiary/aromatic N) is 1. The number of carboxylic acids is 1. The Morgan fingerprint density at radius 2 is 1.59 bits per heavy atom. The van der Waals surface area contributed by atoms with Crippen LogP contribution in [0.25, 0.3) is 0 Å². The molecule has 238 valence electrons. The maximum atomic E-state index is 11.9. The van der Waals surface area contributed by atoms with E-state index in [0.29, 0.717) is 39.6 Å². The third-order valence-corrected chi connectivity index (χ3v) is 5.65. The van der Waals surface area contributed by atoms with Gasteiger partial charge in [-0.3, -0.25) is 0 Å². The van der Waals surface area contributed by atoms with Crippen LogP contribution < -0.4 is 16.8 Å². The minimum absolute atomic E-state index is 0.176. The fourth-order valence-electron chi connectivity index (χ4n) is 3.64. The standard InChI is InChI=1S/C25H46N4O12/c1-3-5-35-7-9-37-11-12-38-10-8-36-6-4-28-25(34)40-14-13-39-22(19(31)16-30)21-17(2)18(29-24(26)27)15-20(41-21)23(32)33/h15,17-19,21-22,30-31H,3-14,16H2,1-2H3,(H,28,34)(H,32,33)(H4,26,27,29)/t17-,18+,19-,21-,22-/m1/s1. The summed E-state index contributed by atoms with van der Waals surface area (Å²) in [5.41, 5.74) is 10.9. The van der Waals surface area contributed by atoms with Crippen molar-refractivity contribution in [3.8, 4) is 0 Å². The molecule has 0 unspecified atom stereocenters. The number of alkyl carbamates (subject to hydrolysis) is 1. The van der Waals surface area contributed by atoms with Crippen LogP contribution in [-0.4, -0.2) is 137 Å². The van der Waals surface area contributed by atoms with E-state index < -0.39 is 54.7 Å². The molecule has 1 rings (SSSR count). The number of carbonyl (C=O) groups excluding carboxylic acids is 1. The van der Waals surface area contributed by atoms with Crippen molar-refractivity contribution in [3.05, 3.63) is 11.8 Å². The largest absolute Gasteiger partial charge is 0.480 e. The van der Waals surface area contributed by atoms with Crippen LogP contribution in [0.2, 0.25) is 0 Å². The van der Waals surface area contributed by atoms with Crippen LogP contribution in [0.5, 0.6) is 0 Å². The lowest BCUT2D eigenvalue weighted by atomic mass is 9.87. The van der Waals surface area contributed by atoms with Crippen molar-refractivity contribution < 1.29 is 58.1 Å². The van der Waals surface area contributed by atoms with Gasteiger partial charge in [0.15, 0.2) is 5.96 Å². The minimum Gasteiger partial charge on any atom is -0.480 e. The van der Waals surface area contributed by atoms with E-state index in [4.69, 9.17) is 44.6 Å². The molecule has 5 atom stereocenters. The highest BCUT2D eigenvalue weighted by Crippen LogP contribution is 2.30. The molecule has 0 radical (unpaired) electrons. The lowest BCUT2D eigenvalue weighted by Crippen LogP contribution is -2.51. The Labute approximate surface area is 239 Å². The van der Waals surface area contributed by atoms with Crippen LogP contribution in [-0.2, 0) is 38.0 Å². The average Bonchev–Trinajstić information content (AvgIpc) is 2.93. The topological polar surface area (TPSA) is 236 Å². The van der Waals surface area contributed by atoms with Crippen molar-refractivity contribution in [2.45, 2.75) is 44.6 Å². The highest BCUT2D eigenvalue weighted by Gasteiger charge is 2.42. The molecular formula is C25H46N4O12. The van der Waals surface area contributed by atoms with E-state index in [1.807, 2.05) is 6.92 Å². The molecular weight excluding hydrogens is 548 g/mol. The number of hydrogen-bond acceptors (Lipinski definition) is 12. The third-order valence-electron chi connectivity index (χ3n) is 5.65. The van der Waals surface area contributed by atoms with Gasteiger partial charge in [0.1, 0.15) is 24.9 Å². The van der Waals surface area contributed by atoms with Gasteiger partial charge in [0, 0.05) is 19.1 Å². The summed E-state index contributed by atoms with van der Waals surface area (Å²) in [5, 5.41) is 31.7. The normalized spacial score (nSPS) is 19.9. The van der Waals surface area contributed by atoms with Gasteiger partial charge >= 0.3 is 12.1 Å². The predicted octanol–water partition coefficient (Wildman–Crippen LogP) is -1.43. The molecule has 0 saturated heterocycles. The molecule has 8 N–H and O–H groups in total. The summed E-state index contributed by atoms with van der Waals surface area (Å²) >= 11 is 0. The van der Waals surface area contributed by atoms with Crippen LogP contribution in [0, 0.1) is 5.92 Å². The maximum Gasteiger partial charge on any atom is 0.407 e. The van der Waals surface area contributed by atoms with Gasteiger partial charge in [-0.25, -0.2) is 14.6 Å². The minimum atomic E-state index is -1.43. The zero-order valence-corrected chi connectivity index (χ0v) is 23.8. The zero-order valence-electron chi connectivity index (χ0n) is 23.8. The number of aliphatic hydroxyl groups is 2. The molecule has 0 spiro atoms. The van der Waals surface area contributed by atoms with Crippen molar-refractivity contribution in [2.75, 3.05) is 79.2 Å². The van der Waals surface area contributed by atoms with E-state index in [0.717, 1.165) is 13.0 Å². The first-order valence-electron chi connectivity index (χ1n) is 13.5. The van der Waals surface area contributed by atoms with Crippen molar-refractivity contribution >= 4 is 18.0 Å². The molecule has 0 aromatic heterocycles. The monoisotopic (exact) mass is 594 g/mol. The van der Waals surface area contributed by atoms with E-state index in [2.05, 4.69) is 10.3 Å². The lowest BCUT2D eigenvalue weighted by molar-refractivity contribution is -0.157. The summed E-state index contributed by atoms with van der Waals surface area (Å²) in [6, 6.07) is -0.771. The van der Waals surface area contributed by atoms with E-state index in [1.54, 1.807) is 6.92 Å². The Morgan fingerprint density at radius 3 is 2.12 bits per heavy atom. The first-order valence-corrected chi connectivity index (χ1v) is 13.5. The Morgan fingerprint density at radius 1 is 1.00 bits per heavy atom. The van der Waals surface area contributed by atoms with Gasteiger partial charge in [-0.05, 0) is 12.5 Å². The third kappa shape index (κ3) is 15.7. The second-order valence-electron chi connectivity index (χ2n) is 8.92. The number of aliphatic imine (C=N–C) groups is 1. The molecule has 0 saturated carbocycles. The highest BCUT2D eigenvalue weighted by atomic mass is 16.6. The van der Waals surface area contributed by atoms with Crippen LogP contribution in [0.4, 0.5) is 4.79 Å². The van der Waals surface area contributed by atoms with Crippen molar-refractivity contribution in [2.24, 2.45) is 22.4 Å². The fraction of sp³-hybridized carbons (Fsp3) is 0.800. The molecule has 16 nitrogen and oxygen atoms in total. The Kier molecular flexibility index (Phi) is 19.4. The lowest BCUT2D eigenvalue weighted by Gasteiger charge is -2.38. The molecule has 41 heavy (non-hydrogen) atoms. The smallest absolute Gasteiger partial charge is 0.407 e. The van der Waals surface area contributed by atoms with Gasteiger partial charge in [0.2, 0.25) is 5.76 Å². The Bertz CT molecular complexity index is 797. The number of hydrogen-bond donors (Lipinski definition) is 6. The van der Waals surface area contributed by atoms with Crippen LogP contribution in [0.15, 0.2) is 16.8 Å². The summed E-state index contributed by atoms with van der Waals surface area (Å²) in [7, 11) is 0. The molecule has 1 heterocycles. The SMILES string of the molecule is CCCOCCOCCOCCOCCNC(=O)OCCO[C@@H]([C@@H]1OC(C(=O)O)=C[C@H](N=C(N)N)[C@H]1C)[C@H](O)CO. The van der Waals surface area contributed by atoms with Crippen molar-refractivity contribution in [1.82, 2.24) is 5.32 Å². The molecule has 0 aliphatic carbocycles. The summed E-state index contributed by atoms with van der Waals surface area (Å²) < 4.78 is 37.6. The maximum absolute atomic E-state index is 11.9. The number of amides is 1. The molecule has 1 aliphatic heterocycles. The molecule has 1 amide bonds. The quantitative estimate of drug-likeness (QED) is 0.0452. The first-order chi connectivity index (χ1) is 19.7. The molecule has 0 aromatic rings. The molecule has 0 bridgehead atoms. The fourth-order valence-corrected chi connectivity index (χ4v) is 3.64. The summed E-state index contributed by atoms with van der Waals surface area (Å²) in [5.74, 6) is -2.58. The number of ether oxygens (including phenoxy) is 7. The number of nitrogens with one attached hydrogen (secondary N) is 1. The zero-order chi connectivity index (χ0) is 30.5. The van der Waals surface area contributed by atoms with E-state index in [9.17, 15) is 24.9 Å². The number of carboxylic acid groups (broad SMARTS) is 1. The van der Waals surface area contributed by atoms with Gasteiger partial charge in [-0.15, -0.1) is 0 Å². The number of carbonyl (C=O) groups is 2. The van der Waals surface area contributed by atoms with Crippen LogP contribution in [0.1, 0.15) is 20.3 Å². The number of guanidine groups is 1.